The fourth-order valence-corrected chi connectivity index (χ4v) is 2.87. The van der Waals surface area contributed by atoms with Crippen molar-refractivity contribution in [2.24, 2.45) is 0 Å². The maximum atomic E-state index is 13.0. The van der Waals surface area contributed by atoms with Crippen LogP contribution in [0.5, 0.6) is 5.75 Å². The van der Waals surface area contributed by atoms with Gasteiger partial charge in [0.2, 0.25) is 5.91 Å². The Morgan fingerprint density at radius 1 is 1.25 bits per heavy atom. The van der Waals surface area contributed by atoms with Crippen molar-refractivity contribution < 1.29 is 22.7 Å². The Morgan fingerprint density at radius 2 is 1.96 bits per heavy atom. The van der Waals surface area contributed by atoms with E-state index in [1.165, 1.54) is 31.0 Å². The monoisotopic (exact) mass is 375 g/mol. The molecule has 0 heterocycles. The lowest BCUT2D eigenvalue weighted by Gasteiger charge is -2.15. The topological polar surface area (TPSA) is 38.3 Å². The van der Waals surface area contributed by atoms with Crippen molar-refractivity contribution in [3.8, 4) is 5.75 Å². The predicted octanol–water partition coefficient (Wildman–Crippen LogP) is 5.10. The highest BCUT2D eigenvalue weighted by Crippen LogP contribution is 2.38. The van der Waals surface area contributed by atoms with E-state index < -0.39 is 23.3 Å². The summed E-state index contributed by atoms with van der Waals surface area (Å²) in [5.41, 5.74) is -1.40. The van der Waals surface area contributed by atoms with Crippen LogP contribution in [0.4, 0.5) is 18.9 Å². The van der Waals surface area contributed by atoms with Crippen molar-refractivity contribution in [3.05, 3.63) is 53.1 Å². The summed E-state index contributed by atoms with van der Waals surface area (Å²) in [6.07, 6.45) is -4.60. The van der Waals surface area contributed by atoms with Crippen molar-refractivity contribution in [1.29, 1.82) is 0 Å². The molecule has 0 saturated carbocycles. The second-order valence-corrected chi connectivity index (χ2v) is 6.13. The molecule has 128 valence electrons. The van der Waals surface area contributed by atoms with Gasteiger partial charge in [-0.2, -0.15) is 13.2 Å². The fraction of sp³-hybridized carbons (Fsp3) is 0.188. The van der Waals surface area contributed by atoms with Crippen LogP contribution in [0.2, 0.25) is 5.02 Å². The van der Waals surface area contributed by atoms with Gasteiger partial charge in [-0.15, -0.1) is 11.8 Å². The van der Waals surface area contributed by atoms with Crippen molar-refractivity contribution in [2.75, 3.05) is 18.2 Å². The maximum absolute atomic E-state index is 13.0. The molecule has 0 aliphatic carbocycles. The molecular formula is C16H13ClF3NO2S. The fourth-order valence-electron chi connectivity index (χ4n) is 1.90. The van der Waals surface area contributed by atoms with Gasteiger partial charge in [-0.1, -0.05) is 23.7 Å². The Labute approximate surface area is 146 Å². The quantitative estimate of drug-likeness (QED) is 0.739. The molecule has 1 N–H and O–H groups in total. The van der Waals surface area contributed by atoms with E-state index in [1.54, 1.807) is 24.3 Å². The number of amides is 1. The first-order valence-electron chi connectivity index (χ1n) is 6.73. The molecule has 2 aromatic rings. The van der Waals surface area contributed by atoms with Crippen LogP contribution >= 0.6 is 23.4 Å². The molecule has 0 aromatic heterocycles. The van der Waals surface area contributed by atoms with Crippen molar-refractivity contribution in [2.45, 2.75) is 11.1 Å². The van der Waals surface area contributed by atoms with E-state index in [2.05, 4.69) is 5.32 Å². The summed E-state index contributed by atoms with van der Waals surface area (Å²) in [5.74, 6) is -0.0114. The zero-order valence-corrected chi connectivity index (χ0v) is 14.1. The third-order valence-corrected chi connectivity index (χ3v) is 4.30. The standard InChI is InChI=1S/C16H13ClF3NO2S/c1-23-10-4-2-5-11(8-10)24-9-14(22)21-15-12(16(18,19)20)6-3-7-13(15)17/h2-8H,9H2,1H3,(H,21,22). The van der Waals surface area contributed by atoms with Crippen LogP contribution in [-0.4, -0.2) is 18.8 Å². The van der Waals surface area contributed by atoms with Gasteiger partial charge in [-0.05, 0) is 30.3 Å². The van der Waals surface area contributed by atoms with E-state index in [0.717, 1.165) is 11.0 Å². The van der Waals surface area contributed by atoms with Crippen molar-refractivity contribution in [1.82, 2.24) is 0 Å². The Morgan fingerprint density at radius 3 is 2.62 bits per heavy atom. The minimum absolute atomic E-state index is 0.0598. The number of nitrogens with one attached hydrogen (secondary N) is 1. The molecule has 0 atom stereocenters. The Kier molecular flexibility index (Phi) is 6.01. The molecule has 2 rings (SSSR count). The highest BCUT2D eigenvalue weighted by atomic mass is 35.5. The zero-order chi connectivity index (χ0) is 17.7. The zero-order valence-electron chi connectivity index (χ0n) is 12.5. The van der Waals surface area contributed by atoms with Gasteiger partial charge >= 0.3 is 6.18 Å². The number of carbonyl (C=O) groups is 1. The molecule has 0 unspecified atom stereocenters. The van der Waals surface area contributed by atoms with Gasteiger partial charge in [0.25, 0.3) is 0 Å². The highest BCUT2D eigenvalue weighted by Gasteiger charge is 2.34. The first kappa shape index (κ1) is 18.5. The van der Waals surface area contributed by atoms with Gasteiger partial charge in [-0.3, -0.25) is 4.79 Å². The lowest BCUT2D eigenvalue weighted by molar-refractivity contribution is -0.137. The number of methoxy groups -OCH3 is 1. The Balaban J connectivity index is 2.07. The van der Waals surface area contributed by atoms with Gasteiger partial charge in [0, 0.05) is 4.90 Å². The average Bonchev–Trinajstić information content (AvgIpc) is 2.54. The molecular weight excluding hydrogens is 363 g/mol. The number of benzene rings is 2. The molecule has 0 radical (unpaired) electrons. The van der Waals surface area contributed by atoms with E-state index in [9.17, 15) is 18.0 Å². The third-order valence-electron chi connectivity index (χ3n) is 2.99. The maximum Gasteiger partial charge on any atom is 0.418 e. The second kappa shape index (κ2) is 7.81. The number of hydrogen-bond acceptors (Lipinski definition) is 3. The first-order valence-corrected chi connectivity index (χ1v) is 8.10. The molecule has 0 fully saturated rings. The van der Waals surface area contributed by atoms with Crippen LogP contribution in [0.1, 0.15) is 5.56 Å². The number of ether oxygens (including phenoxy) is 1. The number of para-hydroxylation sites is 1. The summed E-state index contributed by atoms with van der Waals surface area (Å²) in [6.45, 7) is 0. The largest absolute Gasteiger partial charge is 0.497 e. The molecule has 24 heavy (non-hydrogen) atoms. The van der Waals surface area contributed by atoms with Gasteiger partial charge in [0.15, 0.2) is 0 Å². The van der Waals surface area contributed by atoms with E-state index >= 15 is 0 Å². The summed E-state index contributed by atoms with van der Waals surface area (Å²) in [6, 6.07) is 10.4. The van der Waals surface area contributed by atoms with Crippen LogP contribution in [-0.2, 0) is 11.0 Å². The van der Waals surface area contributed by atoms with Gasteiger partial charge in [0.1, 0.15) is 5.75 Å². The van der Waals surface area contributed by atoms with E-state index in [1.807, 2.05) is 0 Å². The highest BCUT2D eigenvalue weighted by molar-refractivity contribution is 8.00. The lowest BCUT2D eigenvalue weighted by atomic mass is 10.1. The summed E-state index contributed by atoms with van der Waals surface area (Å²) in [5, 5.41) is 2.08. The van der Waals surface area contributed by atoms with Crippen LogP contribution < -0.4 is 10.1 Å². The molecule has 0 bridgehead atoms. The number of carbonyl (C=O) groups excluding carboxylic acids is 1. The Hall–Kier alpha value is -1.86. The molecule has 1 amide bonds. The lowest BCUT2D eigenvalue weighted by Crippen LogP contribution is -2.18. The molecule has 0 aliphatic rings. The molecule has 8 heteroatoms. The minimum atomic E-state index is -4.60. The smallest absolute Gasteiger partial charge is 0.418 e. The minimum Gasteiger partial charge on any atom is -0.497 e. The summed E-state index contributed by atoms with van der Waals surface area (Å²) in [7, 11) is 1.52. The first-order chi connectivity index (χ1) is 11.3. The summed E-state index contributed by atoms with van der Waals surface area (Å²) < 4.78 is 44.0. The van der Waals surface area contributed by atoms with Gasteiger partial charge in [-0.25, -0.2) is 0 Å². The summed E-state index contributed by atoms with van der Waals surface area (Å²) >= 11 is 6.98. The van der Waals surface area contributed by atoms with Gasteiger partial charge in [0.05, 0.1) is 29.1 Å². The van der Waals surface area contributed by atoms with Crippen molar-refractivity contribution in [3.63, 3.8) is 0 Å². The number of halogens is 4. The molecule has 3 nitrogen and oxygen atoms in total. The van der Waals surface area contributed by atoms with Gasteiger partial charge < -0.3 is 10.1 Å². The molecule has 0 spiro atoms. The Bertz CT molecular complexity index is 738. The summed E-state index contributed by atoms with van der Waals surface area (Å²) in [4.78, 5) is 12.7. The number of anilines is 1. The van der Waals surface area contributed by atoms with E-state index in [4.69, 9.17) is 16.3 Å². The number of rotatable bonds is 5. The number of alkyl halides is 3. The number of thioether (sulfide) groups is 1. The number of hydrogen-bond donors (Lipinski definition) is 1. The normalized spacial score (nSPS) is 11.2. The van der Waals surface area contributed by atoms with E-state index in [-0.39, 0.29) is 10.8 Å². The molecule has 0 saturated heterocycles. The van der Waals surface area contributed by atoms with Crippen LogP contribution in [0.25, 0.3) is 0 Å². The predicted molar refractivity (Wildman–Crippen MR) is 88.8 cm³/mol. The second-order valence-electron chi connectivity index (χ2n) is 4.68. The SMILES string of the molecule is COc1cccc(SCC(=O)Nc2c(Cl)cccc2C(F)(F)F)c1. The molecule has 2 aromatic carbocycles. The van der Waals surface area contributed by atoms with Crippen LogP contribution in [0.15, 0.2) is 47.4 Å². The van der Waals surface area contributed by atoms with Crippen LogP contribution in [0.3, 0.4) is 0 Å². The van der Waals surface area contributed by atoms with E-state index in [0.29, 0.717) is 5.75 Å². The van der Waals surface area contributed by atoms with Crippen LogP contribution in [0, 0.1) is 0 Å². The molecule has 0 aliphatic heterocycles. The third kappa shape index (κ3) is 4.82. The van der Waals surface area contributed by atoms with Crippen molar-refractivity contribution >= 4 is 35.0 Å². The average molecular weight is 376 g/mol.